The predicted octanol–water partition coefficient (Wildman–Crippen LogP) is 6.95. The minimum absolute atomic E-state index is 0.0464. The second-order valence-electron chi connectivity index (χ2n) is 17.0. The molecule has 0 bridgehead atoms. The Morgan fingerprint density at radius 3 is 2.47 bits per heavy atom. The molecule has 2 aromatic carbocycles. The van der Waals surface area contributed by atoms with E-state index in [1.165, 1.54) is 10.5 Å². The van der Waals surface area contributed by atoms with Crippen LogP contribution in [0.5, 0.6) is 0 Å². The molecule has 0 spiro atoms. The average Bonchev–Trinajstić information content (AvgIpc) is 3.99. The first-order valence-corrected chi connectivity index (χ1v) is 22.3. The molecule has 2 amide bonds. The largest absolute Gasteiger partial charge is 0.393 e. The summed E-state index contributed by atoms with van der Waals surface area (Å²) in [7, 11) is 1.80. The van der Waals surface area contributed by atoms with Gasteiger partial charge >= 0.3 is 0 Å². The molecular formula is C45H62FN9O4S. The number of amides is 2. The second kappa shape index (κ2) is 20.9. The Morgan fingerprint density at radius 2 is 1.83 bits per heavy atom. The third-order valence-corrected chi connectivity index (χ3v) is 13.4. The first kappa shape index (κ1) is 45.1. The lowest BCUT2D eigenvalue weighted by atomic mass is 9.88. The monoisotopic (exact) mass is 843 g/mol. The molecule has 4 N–H and O–H groups in total. The van der Waals surface area contributed by atoms with Crippen LogP contribution in [-0.2, 0) is 26.3 Å². The average molecular weight is 844 g/mol. The minimum atomic E-state index is -0.534. The number of carbonyl (C=O) groups is 3. The maximum atomic E-state index is 15.0. The van der Waals surface area contributed by atoms with Crippen LogP contribution in [0, 0.1) is 11.2 Å². The van der Waals surface area contributed by atoms with Crippen molar-refractivity contribution in [3.05, 3.63) is 70.7 Å². The SMILES string of the molecule is CCCC(C[C@@H](C)O)N(C=O)c1nc(NC2CCN(Sc3cc(F)cc(CN4CCC(c5ccc(C(=N)N(C=O)CCC=O)c(NC)c5)CC4)c3)CC2)ncc1C1(C)CC1. The maximum absolute atomic E-state index is 15.0. The topological polar surface area (TPSA) is 158 Å². The van der Waals surface area contributed by atoms with Gasteiger partial charge in [0.2, 0.25) is 18.8 Å². The number of carbonyl (C=O) groups excluding carboxylic acids is 3. The van der Waals surface area contributed by atoms with E-state index in [4.69, 9.17) is 15.4 Å². The number of nitrogens with zero attached hydrogens (tertiary/aromatic N) is 6. The van der Waals surface area contributed by atoms with Gasteiger partial charge in [0.05, 0.1) is 6.10 Å². The van der Waals surface area contributed by atoms with Crippen LogP contribution >= 0.6 is 11.9 Å². The normalized spacial score (nSPS) is 18.3. The van der Waals surface area contributed by atoms with E-state index in [1.54, 1.807) is 43.0 Å². The number of hydrogen-bond acceptors (Lipinski definition) is 12. The molecule has 6 rings (SSSR count). The molecule has 0 radical (unpaired) electrons. The van der Waals surface area contributed by atoms with Crippen LogP contribution in [0.3, 0.4) is 0 Å². The third kappa shape index (κ3) is 11.5. The van der Waals surface area contributed by atoms with Crippen molar-refractivity contribution in [2.75, 3.05) is 55.3 Å². The number of aliphatic hydroxyl groups excluding tert-OH is 1. The van der Waals surface area contributed by atoms with Crippen LogP contribution in [0.15, 0.2) is 47.5 Å². The van der Waals surface area contributed by atoms with Crippen LogP contribution in [0.4, 0.5) is 21.8 Å². The number of rotatable bonds is 21. The lowest BCUT2D eigenvalue weighted by Crippen LogP contribution is -2.39. The fourth-order valence-electron chi connectivity index (χ4n) is 8.59. The summed E-state index contributed by atoms with van der Waals surface area (Å²) < 4.78 is 17.3. The number of amidine groups is 1. The molecule has 1 aliphatic carbocycles. The highest BCUT2D eigenvalue weighted by atomic mass is 32.2. The van der Waals surface area contributed by atoms with Crippen LogP contribution in [0.2, 0.25) is 0 Å². The maximum Gasteiger partial charge on any atom is 0.224 e. The van der Waals surface area contributed by atoms with Gasteiger partial charge in [0.1, 0.15) is 23.8 Å². The Kier molecular flexibility index (Phi) is 15.7. The van der Waals surface area contributed by atoms with Gasteiger partial charge in [-0.3, -0.25) is 29.7 Å². The zero-order valence-corrected chi connectivity index (χ0v) is 36.4. The van der Waals surface area contributed by atoms with Crippen molar-refractivity contribution in [3.8, 4) is 0 Å². The molecule has 3 aromatic rings. The molecule has 1 aromatic heterocycles. The summed E-state index contributed by atoms with van der Waals surface area (Å²) in [6.07, 6.45) is 11.5. The number of hydrogen-bond donors (Lipinski definition) is 4. The minimum Gasteiger partial charge on any atom is -0.393 e. The molecule has 3 heterocycles. The Labute approximate surface area is 358 Å². The second-order valence-corrected chi connectivity index (χ2v) is 18.1. The number of halogens is 1. The fourth-order valence-corrected chi connectivity index (χ4v) is 9.65. The van der Waals surface area contributed by atoms with Crippen LogP contribution in [0.25, 0.3) is 0 Å². The van der Waals surface area contributed by atoms with Crippen molar-refractivity contribution in [1.82, 2.24) is 24.1 Å². The lowest BCUT2D eigenvalue weighted by molar-refractivity contribution is -0.115. The van der Waals surface area contributed by atoms with Gasteiger partial charge in [0.25, 0.3) is 0 Å². The zero-order chi connectivity index (χ0) is 42.8. The van der Waals surface area contributed by atoms with Gasteiger partial charge in [-0.25, -0.2) is 13.7 Å². The number of aromatic nitrogens is 2. The van der Waals surface area contributed by atoms with Gasteiger partial charge in [0, 0.05) is 79.6 Å². The number of aliphatic hydroxyl groups is 1. The molecule has 60 heavy (non-hydrogen) atoms. The number of benzene rings is 2. The van der Waals surface area contributed by atoms with Crippen molar-refractivity contribution < 1.29 is 23.9 Å². The van der Waals surface area contributed by atoms with E-state index in [9.17, 15) is 19.5 Å². The Hall–Kier alpha value is -4.44. The summed E-state index contributed by atoms with van der Waals surface area (Å²) in [6, 6.07) is 11.3. The fraction of sp³-hybridized carbons (Fsp3) is 0.556. The number of nitrogens with one attached hydrogen (secondary N) is 3. The highest BCUT2D eigenvalue weighted by molar-refractivity contribution is 7.97. The number of aldehydes is 1. The predicted molar refractivity (Wildman–Crippen MR) is 236 cm³/mol. The van der Waals surface area contributed by atoms with Crippen molar-refractivity contribution in [1.29, 1.82) is 5.41 Å². The zero-order valence-electron chi connectivity index (χ0n) is 35.5. The van der Waals surface area contributed by atoms with Gasteiger partial charge < -0.3 is 20.5 Å². The Morgan fingerprint density at radius 1 is 1.08 bits per heavy atom. The summed E-state index contributed by atoms with van der Waals surface area (Å²) in [5.41, 5.74) is 4.45. The standard InChI is InChI=1S/C45H62FN9O4S/c1-5-7-37(22-31(2)59)55(30-58)43-40(45(3)14-15-45)27-49-44(51-43)50-36-12-19-54(20-13-36)60-38-24-32(23-35(46)26-38)28-52-17-10-33(11-18-52)34-8-9-39(41(25-34)48-4)42(47)53(29-57)16-6-21-56/h8-9,21,23-27,29-31,33,36-37,47-48,59H,5-7,10-20,22,28H2,1-4H3,(H,49,50,51)/t31-,37?/m1/s1. The molecule has 15 heteroatoms. The Bertz CT molecular complexity index is 1950. The first-order valence-electron chi connectivity index (χ1n) is 21.5. The van der Waals surface area contributed by atoms with E-state index >= 15 is 4.39 Å². The molecule has 13 nitrogen and oxygen atoms in total. The summed E-state index contributed by atoms with van der Waals surface area (Å²) in [5.74, 6) is 1.32. The number of likely N-dealkylation sites (tertiary alicyclic amines) is 1. The van der Waals surface area contributed by atoms with E-state index in [1.807, 2.05) is 18.3 Å². The van der Waals surface area contributed by atoms with Crippen LogP contribution in [-0.4, -0.2) is 112 Å². The van der Waals surface area contributed by atoms with Gasteiger partial charge in [-0.15, -0.1) is 0 Å². The third-order valence-electron chi connectivity index (χ3n) is 12.3. The molecule has 1 unspecified atom stereocenters. The van der Waals surface area contributed by atoms with E-state index in [-0.39, 0.29) is 42.1 Å². The van der Waals surface area contributed by atoms with Crippen molar-refractivity contribution >= 4 is 54.3 Å². The molecule has 3 aliphatic rings. The van der Waals surface area contributed by atoms with Gasteiger partial charge in [-0.05, 0) is 136 Å². The van der Waals surface area contributed by atoms with Crippen molar-refractivity contribution in [3.63, 3.8) is 0 Å². The molecular weight excluding hydrogens is 782 g/mol. The number of piperidine rings is 2. The first-order chi connectivity index (χ1) is 29.0. The van der Waals surface area contributed by atoms with Gasteiger partial charge in [0.15, 0.2) is 0 Å². The molecule has 2 atom stereocenters. The Balaban J connectivity index is 1.02. The lowest BCUT2D eigenvalue weighted by Gasteiger charge is -2.33. The highest BCUT2D eigenvalue weighted by Crippen LogP contribution is 2.50. The quantitative estimate of drug-likeness (QED) is 0.0381. The van der Waals surface area contributed by atoms with E-state index in [2.05, 4.69) is 45.8 Å². The summed E-state index contributed by atoms with van der Waals surface area (Å²) >= 11 is 1.60. The molecule has 324 valence electrons. The molecule has 2 aliphatic heterocycles. The van der Waals surface area contributed by atoms with Crippen LogP contribution in [0.1, 0.15) is 113 Å². The molecule has 1 saturated carbocycles. The summed E-state index contributed by atoms with van der Waals surface area (Å²) in [6.45, 7) is 10.3. The molecule has 3 fully saturated rings. The van der Waals surface area contributed by atoms with E-state index in [0.717, 1.165) is 112 Å². The van der Waals surface area contributed by atoms with Crippen LogP contribution < -0.4 is 15.5 Å². The number of anilines is 3. The highest BCUT2D eigenvalue weighted by Gasteiger charge is 2.43. The van der Waals surface area contributed by atoms with Gasteiger partial charge in [-0.1, -0.05) is 26.3 Å². The van der Waals surface area contributed by atoms with Crippen molar-refractivity contribution in [2.45, 2.75) is 126 Å². The van der Waals surface area contributed by atoms with Crippen molar-refractivity contribution in [2.24, 2.45) is 0 Å². The smallest absolute Gasteiger partial charge is 0.224 e. The summed E-state index contributed by atoms with van der Waals surface area (Å²) in [5, 5.41) is 25.5. The summed E-state index contributed by atoms with van der Waals surface area (Å²) in [4.78, 5) is 50.9. The van der Waals surface area contributed by atoms with Gasteiger partial charge in [-0.2, -0.15) is 4.98 Å². The van der Waals surface area contributed by atoms with E-state index in [0.29, 0.717) is 42.6 Å². The molecule has 2 saturated heterocycles. The van der Waals surface area contributed by atoms with E-state index < -0.39 is 6.10 Å².